The molecule has 0 radical (unpaired) electrons. The van der Waals surface area contributed by atoms with Crippen LogP contribution in [0.15, 0.2) is 43.0 Å². The van der Waals surface area contributed by atoms with Crippen molar-refractivity contribution in [1.29, 1.82) is 0 Å². The number of imidazole rings is 1. The van der Waals surface area contributed by atoms with Gasteiger partial charge >= 0.3 is 0 Å². The number of aromatic nitrogens is 4. The minimum absolute atomic E-state index is 0.401. The van der Waals surface area contributed by atoms with Gasteiger partial charge in [0.1, 0.15) is 11.8 Å². The lowest BCUT2D eigenvalue weighted by Crippen LogP contribution is -2.01. The second kappa shape index (κ2) is 4.74. The highest BCUT2D eigenvalue weighted by Gasteiger charge is 2.07. The maximum Gasteiger partial charge on any atom is 0.164 e. The fraction of sp³-hybridized carbons (Fsp3) is 0.154. The van der Waals surface area contributed by atoms with Gasteiger partial charge in [-0.15, -0.1) is 0 Å². The lowest BCUT2D eigenvalue weighted by atomic mass is 10.1. The smallest absolute Gasteiger partial charge is 0.164 e. The van der Waals surface area contributed by atoms with Crippen molar-refractivity contribution in [3.8, 4) is 0 Å². The number of fused-ring (bicyclic) bond motifs is 1. The summed E-state index contributed by atoms with van der Waals surface area (Å²) in [6.45, 7) is 0.827. The van der Waals surface area contributed by atoms with Crippen LogP contribution in [0.5, 0.6) is 0 Å². The quantitative estimate of drug-likeness (QED) is 0.679. The zero-order chi connectivity index (χ0) is 12.4. The van der Waals surface area contributed by atoms with Gasteiger partial charge in [0.15, 0.2) is 10.8 Å². The first-order valence-corrected chi connectivity index (χ1v) is 6.07. The van der Waals surface area contributed by atoms with Crippen molar-refractivity contribution in [3.63, 3.8) is 0 Å². The molecule has 0 unspecified atom stereocenters. The predicted octanol–water partition coefficient (Wildman–Crippen LogP) is 2.72. The molecule has 0 aliphatic heterocycles. The molecule has 2 aromatic heterocycles. The van der Waals surface area contributed by atoms with E-state index in [1.807, 2.05) is 22.8 Å². The second-order valence-corrected chi connectivity index (χ2v) is 4.37. The van der Waals surface area contributed by atoms with Crippen LogP contribution in [-0.4, -0.2) is 19.5 Å². The van der Waals surface area contributed by atoms with E-state index in [2.05, 4.69) is 27.1 Å². The Balaban J connectivity index is 1.85. The molecule has 0 N–H and O–H groups in total. The summed E-state index contributed by atoms with van der Waals surface area (Å²) < 4.78 is 2.00. The van der Waals surface area contributed by atoms with E-state index in [1.54, 1.807) is 6.33 Å². The summed E-state index contributed by atoms with van der Waals surface area (Å²) in [6, 6.07) is 10.3. The minimum atomic E-state index is 0.401. The van der Waals surface area contributed by atoms with Crippen LogP contribution in [0, 0.1) is 0 Å². The average Bonchev–Trinajstić information content (AvgIpc) is 2.82. The molecular weight excluding hydrogens is 248 g/mol. The first-order valence-electron chi connectivity index (χ1n) is 5.70. The first-order chi connectivity index (χ1) is 8.84. The molecule has 0 spiro atoms. The highest BCUT2D eigenvalue weighted by atomic mass is 35.5. The molecule has 3 rings (SSSR count). The fourth-order valence-corrected chi connectivity index (χ4v) is 2.09. The number of benzene rings is 1. The monoisotopic (exact) mass is 258 g/mol. The molecule has 0 saturated carbocycles. The number of rotatable bonds is 3. The molecule has 0 bridgehead atoms. The van der Waals surface area contributed by atoms with Gasteiger partial charge in [-0.25, -0.2) is 15.0 Å². The van der Waals surface area contributed by atoms with Gasteiger partial charge in [-0.05, 0) is 12.0 Å². The zero-order valence-corrected chi connectivity index (χ0v) is 10.4. The van der Waals surface area contributed by atoms with Gasteiger partial charge in [-0.2, -0.15) is 0 Å². The normalized spacial score (nSPS) is 10.9. The molecule has 0 aliphatic rings. The van der Waals surface area contributed by atoms with E-state index in [9.17, 15) is 0 Å². The van der Waals surface area contributed by atoms with Crippen LogP contribution in [0.2, 0.25) is 5.15 Å². The van der Waals surface area contributed by atoms with Crippen molar-refractivity contribution in [2.45, 2.75) is 13.0 Å². The Morgan fingerprint density at radius 2 is 1.89 bits per heavy atom. The third-order valence-corrected chi connectivity index (χ3v) is 3.12. The van der Waals surface area contributed by atoms with E-state index in [0.29, 0.717) is 10.7 Å². The molecule has 0 amide bonds. The standard InChI is InChI=1S/C13H11ClN4/c14-12-11-13(16-8-15-12)18(9-17-11)7-6-10-4-2-1-3-5-10/h1-5,8-9H,6-7H2. The van der Waals surface area contributed by atoms with Crippen LogP contribution in [0.25, 0.3) is 11.2 Å². The van der Waals surface area contributed by atoms with Crippen LogP contribution >= 0.6 is 11.6 Å². The van der Waals surface area contributed by atoms with E-state index in [-0.39, 0.29) is 0 Å². The molecule has 0 aliphatic carbocycles. The number of hydrogen-bond acceptors (Lipinski definition) is 3. The van der Waals surface area contributed by atoms with E-state index < -0.39 is 0 Å². The Kier molecular flexibility index (Phi) is 2.94. The van der Waals surface area contributed by atoms with Gasteiger partial charge < -0.3 is 4.57 Å². The summed E-state index contributed by atoms with van der Waals surface area (Å²) in [6.07, 6.45) is 4.16. The van der Waals surface area contributed by atoms with Crippen molar-refractivity contribution in [3.05, 3.63) is 53.7 Å². The zero-order valence-electron chi connectivity index (χ0n) is 9.62. The summed E-state index contributed by atoms with van der Waals surface area (Å²) in [5.41, 5.74) is 2.73. The molecule has 0 atom stereocenters. The number of aryl methyl sites for hydroxylation is 2. The topological polar surface area (TPSA) is 43.6 Å². The largest absolute Gasteiger partial charge is 0.315 e. The summed E-state index contributed by atoms with van der Waals surface area (Å²) in [7, 11) is 0. The van der Waals surface area contributed by atoms with Crippen LogP contribution in [0.1, 0.15) is 5.56 Å². The van der Waals surface area contributed by atoms with Gasteiger partial charge in [-0.3, -0.25) is 0 Å². The Morgan fingerprint density at radius 3 is 2.72 bits per heavy atom. The van der Waals surface area contributed by atoms with Crippen molar-refractivity contribution in [2.75, 3.05) is 0 Å². The minimum Gasteiger partial charge on any atom is -0.315 e. The molecule has 4 nitrogen and oxygen atoms in total. The maximum atomic E-state index is 5.96. The third kappa shape index (κ3) is 2.07. The van der Waals surface area contributed by atoms with E-state index in [0.717, 1.165) is 18.6 Å². The second-order valence-electron chi connectivity index (χ2n) is 4.01. The highest BCUT2D eigenvalue weighted by Crippen LogP contribution is 2.17. The molecular formula is C13H11ClN4. The van der Waals surface area contributed by atoms with E-state index in [1.165, 1.54) is 11.9 Å². The van der Waals surface area contributed by atoms with Crippen LogP contribution in [-0.2, 0) is 13.0 Å². The van der Waals surface area contributed by atoms with Crippen molar-refractivity contribution < 1.29 is 0 Å². The van der Waals surface area contributed by atoms with E-state index in [4.69, 9.17) is 11.6 Å². The summed E-state index contributed by atoms with van der Waals surface area (Å²) in [5, 5.41) is 0.401. The fourth-order valence-electron chi connectivity index (χ4n) is 1.91. The Labute approximate surface area is 109 Å². The van der Waals surface area contributed by atoms with Gasteiger partial charge in [0.2, 0.25) is 0 Å². The highest BCUT2D eigenvalue weighted by molar-refractivity contribution is 6.33. The van der Waals surface area contributed by atoms with Crippen LogP contribution < -0.4 is 0 Å². The SMILES string of the molecule is Clc1ncnc2c1ncn2CCc1ccccc1. The van der Waals surface area contributed by atoms with Crippen molar-refractivity contribution in [1.82, 2.24) is 19.5 Å². The molecule has 3 aromatic rings. The first kappa shape index (κ1) is 11.2. The average molecular weight is 259 g/mol. The van der Waals surface area contributed by atoms with Crippen molar-refractivity contribution >= 4 is 22.8 Å². The Bertz CT molecular complexity index is 663. The molecule has 0 fully saturated rings. The van der Waals surface area contributed by atoms with Gasteiger partial charge in [0, 0.05) is 6.54 Å². The molecule has 5 heteroatoms. The summed E-state index contributed by atoms with van der Waals surface area (Å²) in [4.78, 5) is 12.4. The number of hydrogen-bond donors (Lipinski definition) is 0. The molecule has 90 valence electrons. The summed E-state index contributed by atoms with van der Waals surface area (Å²) in [5.74, 6) is 0. The van der Waals surface area contributed by atoms with Crippen LogP contribution in [0.4, 0.5) is 0 Å². The van der Waals surface area contributed by atoms with Gasteiger partial charge in [-0.1, -0.05) is 41.9 Å². The third-order valence-electron chi connectivity index (χ3n) is 2.84. The van der Waals surface area contributed by atoms with Crippen molar-refractivity contribution in [2.24, 2.45) is 0 Å². The lowest BCUT2D eigenvalue weighted by molar-refractivity contribution is 0.709. The van der Waals surface area contributed by atoms with E-state index >= 15 is 0 Å². The molecule has 0 saturated heterocycles. The maximum absolute atomic E-state index is 5.96. The summed E-state index contributed by atoms with van der Waals surface area (Å²) >= 11 is 5.96. The number of halogens is 1. The molecule has 2 heterocycles. The predicted molar refractivity (Wildman–Crippen MR) is 70.5 cm³/mol. The Morgan fingerprint density at radius 1 is 1.06 bits per heavy atom. The van der Waals surface area contributed by atoms with Gasteiger partial charge in [0.25, 0.3) is 0 Å². The van der Waals surface area contributed by atoms with Crippen LogP contribution in [0.3, 0.4) is 0 Å². The number of nitrogens with zero attached hydrogens (tertiary/aromatic N) is 4. The van der Waals surface area contributed by atoms with Gasteiger partial charge in [0.05, 0.1) is 6.33 Å². The Hall–Kier alpha value is -1.94. The molecule has 1 aromatic carbocycles. The molecule has 18 heavy (non-hydrogen) atoms. The lowest BCUT2D eigenvalue weighted by Gasteiger charge is -2.03.